The average Bonchev–Trinajstić information content (AvgIpc) is 2.58. The van der Waals surface area contributed by atoms with Gasteiger partial charge in [0.15, 0.2) is 0 Å². The lowest BCUT2D eigenvalue weighted by Crippen LogP contribution is -2.47. The van der Waals surface area contributed by atoms with Crippen molar-refractivity contribution in [1.29, 1.82) is 0 Å². The number of thioether (sulfide) groups is 1. The molecule has 0 atom stereocenters. The molecular formula is C17H20FN3S. The number of nitrogens with zero attached hydrogens (tertiary/aromatic N) is 3. The van der Waals surface area contributed by atoms with Gasteiger partial charge < -0.3 is 4.90 Å². The molecular weight excluding hydrogens is 297 g/mol. The average molecular weight is 317 g/mol. The third-order valence-electron chi connectivity index (χ3n) is 3.85. The predicted octanol–water partition coefficient (Wildman–Crippen LogP) is 3.14. The number of halogens is 1. The Bertz CT molecular complexity index is 585. The summed E-state index contributed by atoms with van der Waals surface area (Å²) < 4.78 is 13.5. The summed E-state index contributed by atoms with van der Waals surface area (Å²) in [4.78, 5) is 9.90. The normalized spacial score (nSPS) is 16.0. The zero-order valence-electron chi connectivity index (χ0n) is 12.5. The van der Waals surface area contributed by atoms with E-state index in [-0.39, 0.29) is 5.82 Å². The summed E-state index contributed by atoms with van der Waals surface area (Å²) in [5, 5.41) is 0. The molecule has 1 fully saturated rings. The lowest BCUT2D eigenvalue weighted by Gasteiger charge is -2.35. The smallest absolute Gasteiger partial charge is 0.136 e. The highest BCUT2D eigenvalue weighted by Gasteiger charge is 2.17. The van der Waals surface area contributed by atoms with Crippen LogP contribution in [0.15, 0.2) is 53.6 Å². The molecule has 2 heterocycles. The van der Waals surface area contributed by atoms with Crippen LogP contribution in [0, 0.1) is 5.82 Å². The van der Waals surface area contributed by atoms with Crippen molar-refractivity contribution in [1.82, 2.24) is 9.88 Å². The lowest BCUT2D eigenvalue weighted by atomic mass is 10.3. The number of rotatable bonds is 5. The van der Waals surface area contributed by atoms with Gasteiger partial charge >= 0.3 is 0 Å². The largest absolute Gasteiger partial charge is 0.354 e. The molecule has 1 saturated heterocycles. The van der Waals surface area contributed by atoms with Gasteiger partial charge in [0.05, 0.1) is 0 Å². The molecule has 3 nitrogen and oxygen atoms in total. The van der Waals surface area contributed by atoms with Gasteiger partial charge in [-0.25, -0.2) is 9.37 Å². The second-order valence-corrected chi connectivity index (χ2v) is 6.43. The molecule has 22 heavy (non-hydrogen) atoms. The van der Waals surface area contributed by atoms with Crippen LogP contribution in [0.5, 0.6) is 0 Å². The molecule has 1 aliphatic heterocycles. The van der Waals surface area contributed by atoms with Crippen LogP contribution in [0.2, 0.25) is 0 Å². The van der Waals surface area contributed by atoms with Crippen molar-refractivity contribution < 1.29 is 4.39 Å². The van der Waals surface area contributed by atoms with Crippen LogP contribution in [0.1, 0.15) is 0 Å². The number of pyridine rings is 1. The zero-order chi connectivity index (χ0) is 15.2. The summed E-state index contributed by atoms with van der Waals surface area (Å²) >= 11 is 1.60. The number of piperazine rings is 1. The maximum absolute atomic E-state index is 13.5. The van der Waals surface area contributed by atoms with Crippen molar-refractivity contribution in [2.75, 3.05) is 43.4 Å². The topological polar surface area (TPSA) is 19.4 Å². The molecule has 0 radical (unpaired) electrons. The monoisotopic (exact) mass is 317 g/mol. The minimum Gasteiger partial charge on any atom is -0.354 e. The number of hydrogen-bond acceptors (Lipinski definition) is 4. The van der Waals surface area contributed by atoms with E-state index in [1.54, 1.807) is 17.8 Å². The fraction of sp³-hybridized carbons (Fsp3) is 0.353. The summed E-state index contributed by atoms with van der Waals surface area (Å²) in [6, 6.07) is 13.0. The van der Waals surface area contributed by atoms with Gasteiger partial charge in [0.25, 0.3) is 0 Å². The first-order chi connectivity index (χ1) is 10.8. The zero-order valence-corrected chi connectivity index (χ0v) is 13.3. The van der Waals surface area contributed by atoms with E-state index in [9.17, 15) is 4.39 Å². The maximum Gasteiger partial charge on any atom is 0.136 e. The Hall–Kier alpha value is -1.59. The van der Waals surface area contributed by atoms with Crippen molar-refractivity contribution in [3.05, 3.63) is 54.5 Å². The van der Waals surface area contributed by atoms with Gasteiger partial charge in [-0.2, -0.15) is 0 Å². The van der Waals surface area contributed by atoms with Crippen molar-refractivity contribution >= 4 is 17.6 Å². The highest BCUT2D eigenvalue weighted by atomic mass is 32.2. The van der Waals surface area contributed by atoms with E-state index < -0.39 is 0 Å². The molecule has 0 bridgehead atoms. The maximum atomic E-state index is 13.5. The number of anilines is 1. The van der Waals surface area contributed by atoms with E-state index in [1.807, 2.05) is 30.5 Å². The van der Waals surface area contributed by atoms with E-state index in [1.165, 1.54) is 6.07 Å². The Kier molecular flexibility index (Phi) is 5.29. The van der Waals surface area contributed by atoms with Gasteiger partial charge in [-0.05, 0) is 24.3 Å². The third kappa shape index (κ3) is 3.99. The standard InChI is InChI=1S/C17H20FN3S/c18-15-5-1-2-6-16(15)22-14-13-20-9-11-21(12-10-20)17-7-3-4-8-19-17/h1-8H,9-14H2. The highest BCUT2D eigenvalue weighted by Crippen LogP contribution is 2.21. The summed E-state index contributed by atoms with van der Waals surface area (Å²) in [6.45, 7) is 5.07. The highest BCUT2D eigenvalue weighted by molar-refractivity contribution is 7.99. The molecule has 0 saturated carbocycles. The van der Waals surface area contributed by atoms with Crippen LogP contribution < -0.4 is 4.90 Å². The van der Waals surface area contributed by atoms with Crippen LogP contribution in [0.3, 0.4) is 0 Å². The van der Waals surface area contributed by atoms with Crippen LogP contribution >= 0.6 is 11.8 Å². The molecule has 1 aromatic heterocycles. The first-order valence-corrected chi connectivity index (χ1v) is 8.57. The van der Waals surface area contributed by atoms with Crippen molar-refractivity contribution in [2.45, 2.75) is 4.90 Å². The number of benzene rings is 1. The summed E-state index contributed by atoms with van der Waals surface area (Å²) in [7, 11) is 0. The molecule has 5 heteroatoms. The molecule has 0 spiro atoms. The van der Waals surface area contributed by atoms with E-state index in [4.69, 9.17) is 0 Å². The molecule has 0 unspecified atom stereocenters. The molecule has 0 amide bonds. The number of aromatic nitrogens is 1. The van der Waals surface area contributed by atoms with Crippen molar-refractivity contribution in [3.63, 3.8) is 0 Å². The van der Waals surface area contributed by atoms with E-state index in [2.05, 4.69) is 20.9 Å². The fourth-order valence-corrected chi connectivity index (χ4v) is 3.54. The molecule has 116 valence electrons. The van der Waals surface area contributed by atoms with Gasteiger partial charge in [0.2, 0.25) is 0 Å². The van der Waals surface area contributed by atoms with Gasteiger partial charge in [0.1, 0.15) is 11.6 Å². The minimum absolute atomic E-state index is 0.118. The van der Waals surface area contributed by atoms with Gasteiger partial charge in [-0.3, -0.25) is 4.90 Å². The van der Waals surface area contributed by atoms with E-state index in [0.717, 1.165) is 49.2 Å². The SMILES string of the molecule is Fc1ccccc1SCCN1CCN(c2ccccn2)CC1. The Balaban J connectivity index is 1.42. The van der Waals surface area contributed by atoms with Crippen LogP contribution in [0.4, 0.5) is 10.2 Å². The van der Waals surface area contributed by atoms with Gasteiger partial charge in [0, 0.05) is 49.6 Å². The van der Waals surface area contributed by atoms with Crippen LogP contribution in [0.25, 0.3) is 0 Å². The number of hydrogen-bond donors (Lipinski definition) is 0. The Labute approximate surface area is 135 Å². The lowest BCUT2D eigenvalue weighted by molar-refractivity contribution is 0.272. The molecule has 2 aromatic rings. The fourth-order valence-electron chi connectivity index (χ4n) is 2.59. The van der Waals surface area contributed by atoms with E-state index in [0.29, 0.717) is 0 Å². The van der Waals surface area contributed by atoms with Crippen molar-refractivity contribution in [2.24, 2.45) is 0 Å². The molecule has 0 N–H and O–H groups in total. The third-order valence-corrected chi connectivity index (χ3v) is 4.88. The minimum atomic E-state index is -0.118. The Morgan fingerprint density at radius 1 is 1.00 bits per heavy atom. The van der Waals surface area contributed by atoms with Gasteiger partial charge in [-0.15, -0.1) is 11.8 Å². The van der Waals surface area contributed by atoms with Crippen molar-refractivity contribution in [3.8, 4) is 0 Å². The van der Waals surface area contributed by atoms with Crippen LogP contribution in [-0.2, 0) is 0 Å². The second-order valence-electron chi connectivity index (χ2n) is 5.30. The van der Waals surface area contributed by atoms with Gasteiger partial charge in [-0.1, -0.05) is 18.2 Å². The predicted molar refractivity (Wildman–Crippen MR) is 90.0 cm³/mol. The molecule has 1 aliphatic rings. The summed E-state index contributed by atoms with van der Waals surface area (Å²) in [5.74, 6) is 1.86. The molecule has 0 aliphatic carbocycles. The molecule has 1 aromatic carbocycles. The molecule has 3 rings (SSSR count). The summed E-state index contributed by atoms with van der Waals surface area (Å²) in [5.41, 5.74) is 0. The van der Waals surface area contributed by atoms with E-state index >= 15 is 0 Å². The Morgan fingerprint density at radius 2 is 1.77 bits per heavy atom. The first kappa shape index (κ1) is 15.3. The quantitative estimate of drug-likeness (QED) is 0.789. The summed E-state index contributed by atoms with van der Waals surface area (Å²) in [6.07, 6.45) is 1.84. The Morgan fingerprint density at radius 3 is 2.50 bits per heavy atom. The first-order valence-electron chi connectivity index (χ1n) is 7.58. The van der Waals surface area contributed by atoms with Crippen LogP contribution in [-0.4, -0.2) is 48.4 Å². The second kappa shape index (κ2) is 7.61.